The third-order valence-corrected chi connectivity index (χ3v) is 6.75. The molecule has 0 radical (unpaired) electrons. The molecule has 0 saturated carbocycles. The van der Waals surface area contributed by atoms with Crippen molar-refractivity contribution in [3.8, 4) is 0 Å². The van der Waals surface area contributed by atoms with Crippen LogP contribution in [0.2, 0.25) is 0 Å². The van der Waals surface area contributed by atoms with E-state index in [9.17, 15) is 19.2 Å². The predicted molar refractivity (Wildman–Crippen MR) is 116 cm³/mol. The number of carbonyl (C=O) groups is 4. The van der Waals surface area contributed by atoms with E-state index in [1.807, 2.05) is 30.3 Å². The van der Waals surface area contributed by atoms with Crippen molar-refractivity contribution in [2.75, 3.05) is 14.2 Å². The van der Waals surface area contributed by atoms with Crippen molar-refractivity contribution in [1.29, 1.82) is 0 Å². The van der Waals surface area contributed by atoms with Crippen LogP contribution in [0.1, 0.15) is 29.5 Å². The molecular weight excluding hydrogens is 480 g/mol. The first-order chi connectivity index (χ1) is 15.3. The Kier molecular flexibility index (Phi) is 5.87. The van der Waals surface area contributed by atoms with Gasteiger partial charge in [0.2, 0.25) is 11.8 Å². The highest BCUT2D eigenvalue weighted by atomic mass is 79.9. The first-order valence-corrected chi connectivity index (χ1v) is 10.7. The zero-order valence-electron chi connectivity index (χ0n) is 17.4. The summed E-state index contributed by atoms with van der Waals surface area (Å²) < 4.78 is 10.6. The summed E-state index contributed by atoms with van der Waals surface area (Å²) in [5, 5.41) is 3.25. The summed E-state index contributed by atoms with van der Waals surface area (Å²) in [6, 6.07) is 14.6. The Morgan fingerprint density at radius 1 is 1.00 bits per heavy atom. The van der Waals surface area contributed by atoms with Gasteiger partial charge in [-0.05, 0) is 23.3 Å². The van der Waals surface area contributed by atoms with Gasteiger partial charge in [-0.3, -0.25) is 19.7 Å². The number of esters is 1. The van der Waals surface area contributed by atoms with Crippen LogP contribution in [0.15, 0.2) is 59.1 Å². The number of methoxy groups -OCH3 is 2. The van der Waals surface area contributed by atoms with E-state index < -0.39 is 47.3 Å². The van der Waals surface area contributed by atoms with Gasteiger partial charge in [-0.15, -0.1) is 0 Å². The Bertz CT molecular complexity index is 1070. The molecule has 166 valence electrons. The van der Waals surface area contributed by atoms with Crippen LogP contribution in [0, 0.1) is 5.41 Å². The number of hydrogen-bond donors (Lipinski definition) is 1. The lowest BCUT2D eigenvalue weighted by Crippen LogP contribution is -2.44. The highest BCUT2D eigenvalue weighted by Crippen LogP contribution is 2.59. The molecule has 0 bridgehead atoms. The third-order valence-electron chi connectivity index (χ3n) is 6.22. The first-order valence-electron chi connectivity index (χ1n) is 9.94. The molecule has 2 aromatic carbocycles. The number of benzene rings is 2. The van der Waals surface area contributed by atoms with Gasteiger partial charge in [-0.2, -0.15) is 4.90 Å². The number of likely N-dealkylation sites (tertiary alicyclic amines) is 1. The minimum Gasteiger partial charge on any atom is -0.468 e. The van der Waals surface area contributed by atoms with Gasteiger partial charge in [-0.1, -0.05) is 58.4 Å². The highest BCUT2D eigenvalue weighted by Gasteiger charge is 2.69. The van der Waals surface area contributed by atoms with E-state index in [1.165, 1.54) is 7.11 Å². The van der Waals surface area contributed by atoms with E-state index >= 15 is 0 Å². The minimum absolute atomic E-state index is 0.262. The van der Waals surface area contributed by atoms with Crippen LogP contribution in [-0.2, 0) is 23.9 Å². The van der Waals surface area contributed by atoms with Crippen molar-refractivity contribution >= 4 is 39.8 Å². The van der Waals surface area contributed by atoms with E-state index in [2.05, 4.69) is 21.2 Å². The average Bonchev–Trinajstić information content (AvgIpc) is 3.28. The molecule has 4 rings (SSSR count). The number of imide groups is 3. The normalized spacial score (nSPS) is 27.1. The number of amides is 3. The molecule has 4 atom stereocenters. The summed E-state index contributed by atoms with van der Waals surface area (Å²) in [5.74, 6) is -2.68. The van der Waals surface area contributed by atoms with Gasteiger partial charge in [0.05, 0.1) is 19.6 Å². The average molecular weight is 501 g/mol. The SMILES string of the molecule is COC(=O)[C@@H]1N[C@H](c2ccc(Br)cc2)[C@@]2(CC(=O)N(C(=O)OC)C2=O)[C@H]1c1ccccc1. The van der Waals surface area contributed by atoms with Gasteiger partial charge < -0.3 is 9.47 Å². The maximum atomic E-state index is 13.8. The van der Waals surface area contributed by atoms with Crippen LogP contribution in [0.5, 0.6) is 0 Å². The molecule has 3 amide bonds. The van der Waals surface area contributed by atoms with Crippen LogP contribution in [0.3, 0.4) is 0 Å². The number of rotatable bonds is 3. The van der Waals surface area contributed by atoms with E-state index in [4.69, 9.17) is 9.47 Å². The molecule has 2 fully saturated rings. The summed E-state index contributed by atoms with van der Waals surface area (Å²) in [5.41, 5.74) is -0.0458. The van der Waals surface area contributed by atoms with Crippen molar-refractivity contribution in [1.82, 2.24) is 10.2 Å². The second kappa shape index (κ2) is 8.48. The van der Waals surface area contributed by atoms with Gasteiger partial charge >= 0.3 is 12.1 Å². The fourth-order valence-electron chi connectivity index (χ4n) is 4.90. The molecule has 8 nitrogen and oxygen atoms in total. The molecule has 1 N–H and O–H groups in total. The number of halogens is 1. The fraction of sp³-hybridized carbons (Fsp3) is 0.304. The Balaban J connectivity index is 1.95. The number of carbonyl (C=O) groups excluding carboxylic acids is 4. The second-order valence-corrected chi connectivity index (χ2v) is 8.68. The molecule has 2 heterocycles. The van der Waals surface area contributed by atoms with Gasteiger partial charge in [0.1, 0.15) is 6.04 Å². The zero-order valence-corrected chi connectivity index (χ0v) is 19.0. The van der Waals surface area contributed by atoms with Gasteiger partial charge in [0.15, 0.2) is 0 Å². The van der Waals surface area contributed by atoms with Crippen molar-refractivity contribution in [3.63, 3.8) is 0 Å². The number of nitrogens with one attached hydrogen (secondary N) is 1. The zero-order chi connectivity index (χ0) is 23.0. The fourth-order valence-corrected chi connectivity index (χ4v) is 5.17. The smallest absolute Gasteiger partial charge is 0.423 e. The maximum absolute atomic E-state index is 13.8. The van der Waals surface area contributed by atoms with E-state index in [1.54, 1.807) is 24.3 Å². The Hall–Kier alpha value is -3.04. The van der Waals surface area contributed by atoms with Crippen molar-refractivity contribution in [2.24, 2.45) is 5.41 Å². The van der Waals surface area contributed by atoms with Crippen LogP contribution < -0.4 is 5.32 Å². The van der Waals surface area contributed by atoms with Crippen LogP contribution in [-0.4, -0.2) is 49.0 Å². The monoisotopic (exact) mass is 500 g/mol. The molecule has 2 saturated heterocycles. The van der Waals surface area contributed by atoms with Gasteiger partial charge in [0.25, 0.3) is 0 Å². The molecule has 9 heteroatoms. The third kappa shape index (κ3) is 3.32. The van der Waals surface area contributed by atoms with Gasteiger partial charge in [0, 0.05) is 22.9 Å². The quantitative estimate of drug-likeness (QED) is 0.510. The van der Waals surface area contributed by atoms with Gasteiger partial charge in [-0.25, -0.2) is 4.79 Å². The van der Waals surface area contributed by atoms with Crippen molar-refractivity contribution < 1.29 is 28.7 Å². The van der Waals surface area contributed by atoms with E-state index in [0.717, 1.165) is 11.6 Å². The largest absolute Gasteiger partial charge is 0.468 e. The standard InChI is InChI=1S/C23H21BrN2O6/c1-31-20(28)18-17(13-6-4-3-5-7-13)23(12-16(27)26(21(23)29)22(30)32-2)19(25-18)14-8-10-15(24)11-9-14/h3-11,17-19,25H,12H2,1-2H3/t17-,18+,19+,23+/m0/s1. The molecule has 0 unspecified atom stereocenters. The number of ether oxygens (including phenoxy) is 2. The maximum Gasteiger partial charge on any atom is 0.423 e. The first kappa shape index (κ1) is 22.2. The Morgan fingerprint density at radius 3 is 2.25 bits per heavy atom. The summed E-state index contributed by atoms with van der Waals surface area (Å²) in [6.07, 6.45) is -1.30. The lowest BCUT2D eigenvalue weighted by atomic mass is 9.65. The van der Waals surface area contributed by atoms with Crippen LogP contribution in [0.4, 0.5) is 4.79 Å². The second-order valence-electron chi connectivity index (χ2n) is 7.76. The molecule has 0 aromatic heterocycles. The summed E-state index contributed by atoms with van der Waals surface area (Å²) in [4.78, 5) is 52.5. The molecule has 1 spiro atoms. The van der Waals surface area contributed by atoms with E-state index in [0.29, 0.717) is 16.0 Å². The molecule has 2 aliphatic heterocycles. The summed E-state index contributed by atoms with van der Waals surface area (Å²) in [6.45, 7) is 0. The number of nitrogens with zero attached hydrogens (tertiary/aromatic N) is 1. The van der Waals surface area contributed by atoms with Crippen molar-refractivity contribution in [2.45, 2.75) is 24.4 Å². The molecule has 2 aromatic rings. The molecule has 32 heavy (non-hydrogen) atoms. The topological polar surface area (TPSA) is 102 Å². The predicted octanol–water partition coefficient (Wildman–Crippen LogP) is 2.93. The molecule has 0 aliphatic carbocycles. The van der Waals surface area contributed by atoms with E-state index in [-0.39, 0.29) is 6.42 Å². The summed E-state index contributed by atoms with van der Waals surface area (Å²) in [7, 11) is 2.38. The van der Waals surface area contributed by atoms with Crippen molar-refractivity contribution in [3.05, 3.63) is 70.2 Å². The lowest BCUT2D eigenvalue weighted by Gasteiger charge is -2.34. The highest BCUT2D eigenvalue weighted by molar-refractivity contribution is 9.10. The Morgan fingerprint density at radius 2 is 1.66 bits per heavy atom. The molecular formula is C23H21BrN2O6. The van der Waals surface area contributed by atoms with Crippen LogP contribution in [0.25, 0.3) is 0 Å². The lowest BCUT2D eigenvalue weighted by molar-refractivity contribution is -0.143. The van der Waals surface area contributed by atoms with Crippen LogP contribution >= 0.6 is 15.9 Å². The minimum atomic E-state index is -1.43. The number of hydrogen-bond acceptors (Lipinski definition) is 7. The summed E-state index contributed by atoms with van der Waals surface area (Å²) >= 11 is 3.40. The Labute approximate surface area is 193 Å². The molecule has 2 aliphatic rings.